The molecule has 1 N–H and O–H groups in total. The van der Waals surface area contributed by atoms with Gasteiger partial charge in [-0.2, -0.15) is 0 Å². The quantitative estimate of drug-likeness (QED) is 0.675. The van der Waals surface area contributed by atoms with E-state index in [0.29, 0.717) is 18.7 Å². The first-order valence-electron chi connectivity index (χ1n) is 8.29. The fourth-order valence-electron chi connectivity index (χ4n) is 2.53. The Hall–Kier alpha value is -1.86. The van der Waals surface area contributed by atoms with Gasteiger partial charge in [0.25, 0.3) is 0 Å². The Morgan fingerprint density at radius 2 is 2.08 bits per heavy atom. The van der Waals surface area contributed by atoms with E-state index in [0.717, 1.165) is 21.8 Å². The highest BCUT2D eigenvalue weighted by molar-refractivity contribution is 9.10. The minimum atomic E-state index is -0.492. The highest BCUT2D eigenvalue weighted by atomic mass is 79.9. The summed E-state index contributed by atoms with van der Waals surface area (Å²) in [7, 11) is 1.83. The number of ether oxygens (including phenoxy) is 1. The Kier molecular flexibility index (Phi) is 7.01. The third kappa shape index (κ3) is 5.06. The number of fused-ring (bicyclic) bond motifs is 1. The summed E-state index contributed by atoms with van der Waals surface area (Å²) in [6, 6.07) is 5.56. The van der Waals surface area contributed by atoms with Gasteiger partial charge in [0.05, 0.1) is 13.2 Å². The number of esters is 1. The molecule has 7 heteroatoms. The van der Waals surface area contributed by atoms with E-state index in [1.165, 1.54) is 0 Å². The highest BCUT2D eigenvalue weighted by Gasteiger charge is 2.23. The number of hydrogen-bond donors (Lipinski definition) is 1. The number of furan rings is 1. The lowest BCUT2D eigenvalue weighted by atomic mass is 10.1. The van der Waals surface area contributed by atoms with Crippen molar-refractivity contribution in [2.24, 2.45) is 0 Å². The first-order chi connectivity index (χ1) is 12.0. The average Bonchev–Trinajstić information content (AvgIpc) is 2.91. The second kappa shape index (κ2) is 9.01. The summed E-state index contributed by atoms with van der Waals surface area (Å²) in [6.07, 6.45) is 0.892. The van der Waals surface area contributed by atoms with Gasteiger partial charge in [0.1, 0.15) is 5.58 Å². The predicted octanol–water partition coefficient (Wildman–Crippen LogP) is 3.33. The Balaban J connectivity index is 2.27. The molecule has 0 saturated heterocycles. The number of benzene rings is 1. The van der Waals surface area contributed by atoms with E-state index in [1.807, 2.05) is 31.0 Å². The van der Waals surface area contributed by atoms with Crippen molar-refractivity contribution in [1.29, 1.82) is 0 Å². The number of carbonyl (C=O) groups is 2. The molecule has 0 fully saturated rings. The minimum Gasteiger partial charge on any atom is -0.460 e. The molecule has 0 radical (unpaired) electrons. The van der Waals surface area contributed by atoms with E-state index < -0.39 is 5.97 Å². The van der Waals surface area contributed by atoms with E-state index >= 15 is 0 Å². The first-order valence-corrected chi connectivity index (χ1v) is 9.08. The molecule has 1 aromatic carbocycles. The summed E-state index contributed by atoms with van der Waals surface area (Å²) in [6.45, 7) is 5.32. The summed E-state index contributed by atoms with van der Waals surface area (Å²) >= 11 is 3.44. The van der Waals surface area contributed by atoms with E-state index in [9.17, 15) is 9.59 Å². The topological polar surface area (TPSA) is 71.8 Å². The molecule has 0 aliphatic heterocycles. The van der Waals surface area contributed by atoms with E-state index in [2.05, 4.69) is 21.2 Å². The van der Waals surface area contributed by atoms with Crippen molar-refractivity contribution in [2.45, 2.75) is 26.8 Å². The molecule has 1 amide bonds. The monoisotopic (exact) mass is 410 g/mol. The molecular formula is C18H23BrN2O4. The summed E-state index contributed by atoms with van der Waals surface area (Å²) in [4.78, 5) is 26.0. The number of likely N-dealkylation sites (N-methyl/N-ethyl adjacent to an activating group) is 1. The van der Waals surface area contributed by atoms with Crippen LogP contribution in [0.1, 0.15) is 36.4 Å². The average molecular weight is 411 g/mol. The van der Waals surface area contributed by atoms with Crippen LogP contribution in [0.3, 0.4) is 0 Å². The SMILES string of the molecule is CCCNC(=O)CN(C)Cc1c(C(=O)OCC)oc2ccc(Br)cc12. The van der Waals surface area contributed by atoms with Crippen molar-refractivity contribution < 1.29 is 18.7 Å². The van der Waals surface area contributed by atoms with Gasteiger partial charge in [0.15, 0.2) is 0 Å². The van der Waals surface area contributed by atoms with Gasteiger partial charge in [-0.1, -0.05) is 22.9 Å². The number of nitrogens with zero attached hydrogens (tertiary/aromatic N) is 1. The van der Waals surface area contributed by atoms with Crippen LogP contribution >= 0.6 is 15.9 Å². The molecule has 6 nitrogen and oxygen atoms in total. The predicted molar refractivity (Wildman–Crippen MR) is 99.5 cm³/mol. The van der Waals surface area contributed by atoms with Gasteiger partial charge in [0, 0.05) is 28.5 Å². The van der Waals surface area contributed by atoms with Crippen molar-refractivity contribution in [1.82, 2.24) is 10.2 Å². The third-order valence-electron chi connectivity index (χ3n) is 3.63. The molecule has 2 aromatic rings. The van der Waals surface area contributed by atoms with Gasteiger partial charge in [-0.25, -0.2) is 4.79 Å². The molecule has 136 valence electrons. The van der Waals surface area contributed by atoms with Gasteiger partial charge in [-0.3, -0.25) is 9.69 Å². The molecule has 0 bridgehead atoms. The lowest BCUT2D eigenvalue weighted by Crippen LogP contribution is -2.35. The molecule has 1 heterocycles. The second-order valence-corrected chi connectivity index (χ2v) is 6.71. The number of carbonyl (C=O) groups excluding carboxylic acids is 2. The van der Waals surface area contributed by atoms with Crippen LogP contribution in [-0.2, 0) is 16.1 Å². The van der Waals surface area contributed by atoms with Crippen molar-refractivity contribution in [2.75, 3.05) is 26.7 Å². The summed E-state index contributed by atoms with van der Waals surface area (Å²) < 4.78 is 11.7. The van der Waals surface area contributed by atoms with Crippen molar-refractivity contribution >= 4 is 38.8 Å². The zero-order valence-electron chi connectivity index (χ0n) is 14.7. The summed E-state index contributed by atoms with van der Waals surface area (Å²) in [5, 5.41) is 3.68. The van der Waals surface area contributed by atoms with Crippen molar-refractivity contribution in [3.8, 4) is 0 Å². The molecule has 0 aliphatic carbocycles. The number of rotatable bonds is 8. The standard InChI is InChI=1S/C18H23BrN2O4/c1-4-8-20-16(22)11-21(3)10-14-13-9-12(19)6-7-15(13)25-17(14)18(23)24-5-2/h6-7,9H,4-5,8,10-11H2,1-3H3,(H,20,22). The van der Waals surface area contributed by atoms with Gasteiger partial charge >= 0.3 is 5.97 Å². The van der Waals surface area contributed by atoms with E-state index in [4.69, 9.17) is 9.15 Å². The maximum absolute atomic E-state index is 12.2. The van der Waals surface area contributed by atoms with E-state index in [-0.39, 0.29) is 24.8 Å². The van der Waals surface area contributed by atoms with Gasteiger partial charge in [-0.05, 0) is 38.6 Å². The Labute approximate surface area is 155 Å². The molecule has 0 unspecified atom stereocenters. The lowest BCUT2D eigenvalue weighted by Gasteiger charge is -2.16. The maximum atomic E-state index is 12.2. The Morgan fingerprint density at radius 1 is 1.32 bits per heavy atom. The normalized spacial score (nSPS) is 11.1. The van der Waals surface area contributed by atoms with Crippen LogP contribution < -0.4 is 5.32 Å². The first kappa shape index (κ1) is 19.5. The highest BCUT2D eigenvalue weighted by Crippen LogP contribution is 2.30. The molecule has 25 heavy (non-hydrogen) atoms. The summed E-state index contributed by atoms with van der Waals surface area (Å²) in [5.74, 6) is -0.347. The minimum absolute atomic E-state index is 0.0454. The summed E-state index contributed by atoms with van der Waals surface area (Å²) in [5.41, 5.74) is 1.34. The van der Waals surface area contributed by atoms with Gasteiger partial charge < -0.3 is 14.5 Å². The van der Waals surface area contributed by atoms with Gasteiger partial charge in [0.2, 0.25) is 11.7 Å². The van der Waals surface area contributed by atoms with Crippen LogP contribution in [-0.4, -0.2) is 43.5 Å². The van der Waals surface area contributed by atoms with Crippen LogP contribution in [0.2, 0.25) is 0 Å². The van der Waals surface area contributed by atoms with Crippen LogP contribution in [0.5, 0.6) is 0 Å². The van der Waals surface area contributed by atoms with E-state index in [1.54, 1.807) is 13.0 Å². The fraction of sp³-hybridized carbons (Fsp3) is 0.444. The maximum Gasteiger partial charge on any atom is 0.374 e. The molecule has 0 saturated carbocycles. The fourth-order valence-corrected chi connectivity index (χ4v) is 2.89. The number of halogens is 1. The molecule has 2 rings (SSSR count). The van der Waals surface area contributed by atoms with Gasteiger partial charge in [-0.15, -0.1) is 0 Å². The molecule has 0 spiro atoms. The second-order valence-electron chi connectivity index (χ2n) is 5.79. The largest absolute Gasteiger partial charge is 0.460 e. The third-order valence-corrected chi connectivity index (χ3v) is 4.12. The molecule has 0 aliphatic rings. The lowest BCUT2D eigenvalue weighted by molar-refractivity contribution is -0.122. The molecule has 0 atom stereocenters. The number of amides is 1. The zero-order chi connectivity index (χ0) is 18.4. The zero-order valence-corrected chi connectivity index (χ0v) is 16.3. The van der Waals surface area contributed by atoms with Crippen molar-refractivity contribution in [3.05, 3.63) is 34.0 Å². The van der Waals surface area contributed by atoms with Crippen molar-refractivity contribution in [3.63, 3.8) is 0 Å². The number of nitrogens with one attached hydrogen (secondary N) is 1. The molecule has 1 aromatic heterocycles. The Morgan fingerprint density at radius 3 is 2.76 bits per heavy atom. The Bertz CT molecular complexity index is 757. The number of hydrogen-bond acceptors (Lipinski definition) is 5. The van der Waals surface area contributed by atoms with Crippen LogP contribution in [0.4, 0.5) is 0 Å². The molecular weight excluding hydrogens is 388 g/mol. The van der Waals surface area contributed by atoms with Crippen LogP contribution in [0.15, 0.2) is 27.1 Å². The van der Waals surface area contributed by atoms with Crippen LogP contribution in [0, 0.1) is 0 Å². The van der Waals surface area contributed by atoms with Crippen LogP contribution in [0.25, 0.3) is 11.0 Å². The smallest absolute Gasteiger partial charge is 0.374 e.